The van der Waals surface area contributed by atoms with Gasteiger partial charge in [0, 0.05) is 30.6 Å². The van der Waals surface area contributed by atoms with E-state index in [0.717, 1.165) is 40.5 Å². The molecule has 1 atom stereocenters. The molecule has 5 heteroatoms. The molecule has 0 saturated carbocycles. The smallest absolute Gasteiger partial charge is 0.264 e. The van der Waals surface area contributed by atoms with E-state index >= 15 is 0 Å². The number of thiophene rings is 1. The van der Waals surface area contributed by atoms with Crippen molar-refractivity contribution in [1.29, 1.82) is 0 Å². The van der Waals surface area contributed by atoms with E-state index in [-0.39, 0.29) is 17.8 Å². The third kappa shape index (κ3) is 2.91. The van der Waals surface area contributed by atoms with Crippen LogP contribution >= 0.6 is 11.3 Å². The molecule has 1 aliphatic rings. The van der Waals surface area contributed by atoms with E-state index < -0.39 is 0 Å². The van der Waals surface area contributed by atoms with Crippen LogP contribution < -0.4 is 5.32 Å². The Kier molecular flexibility index (Phi) is 4.27. The van der Waals surface area contributed by atoms with Crippen molar-refractivity contribution in [2.45, 2.75) is 19.9 Å². The summed E-state index contributed by atoms with van der Waals surface area (Å²) in [5.74, 6) is -0.153. The second-order valence-corrected chi connectivity index (χ2v) is 6.73. The Bertz CT molecular complexity index is 680. The number of rotatable bonds is 2. The number of nitrogens with zero attached hydrogens (tertiary/aromatic N) is 1. The number of amides is 1. The summed E-state index contributed by atoms with van der Waals surface area (Å²) in [7, 11) is 0. The fourth-order valence-electron chi connectivity index (χ4n) is 2.76. The molecular weight excluding hydrogens is 299 g/mol. The average Bonchev–Trinajstić information content (AvgIpc) is 2.90. The van der Waals surface area contributed by atoms with Gasteiger partial charge in [-0.3, -0.25) is 4.79 Å². The van der Waals surface area contributed by atoms with Crippen molar-refractivity contribution >= 4 is 17.2 Å². The third-order valence-electron chi connectivity index (χ3n) is 4.00. The Morgan fingerprint density at radius 2 is 2.09 bits per heavy atom. The minimum atomic E-state index is -0.246. The van der Waals surface area contributed by atoms with Crippen LogP contribution in [-0.2, 0) is 0 Å². The number of carbonyl (C=O) groups is 1. The van der Waals surface area contributed by atoms with Gasteiger partial charge in [-0.25, -0.2) is 4.39 Å². The van der Waals surface area contributed by atoms with Crippen LogP contribution in [0.2, 0.25) is 0 Å². The molecule has 1 saturated heterocycles. The predicted octanol–water partition coefficient (Wildman–Crippen LogP) is 3.30. The van der Waals surface area contributed by atoms with Gasteiger partial charge < -0.3 is 10.2 Å². The van der Waals surface area contributed by atoms with Crippen molar-refractivity contribution in [2.75, 3.05) is 19.6 Å². The molecule has 1 amide bonds. The first-order valence-corrected chi connectivity index (χ1v) is 8.26. The molecule has 0 spiro atoms. The van der Waals surface area contributed by atoms with Crippen LogP contribution in [0.4, 0.5) is 4.39 Å². The summed E-state index contributed by atoms with van der Waals surface area (Å²) in [6.45, 7) is 6.47. The molecule has 0 unspecified atom stereocenters. The number of aryl methyl sites for hydroxylation is 1. The zero-order valence-electron chi connectivity index (χ0n) is 12.7. The number of carbonyl (C=O) groups excluding carboxylic acids is 1. The maximum absolute atomic E-state index is 13.1. The van der Waals surface area contributed by atoms with Gasteiger partial charge in [0.25, 0.3) is 5.91 Å². The molecule has 2 aromatic rings. The summed E-state index contributed by atoms with van der Waals surface area (Å²) in [5, 5.41) is 3.29. The van der Waals surface area contributed by atoms with Gasteiger partial charge in [0.15, 0.2) is 0 Å². The second kappa shape index (κ2) is 6.18. The number of benzene rings is 1. The Labute approximate surface area is 133 Å². The Morgan fingerprint density at radius 3 is 2.77 bits per heavy atom. The van der Waals surface area contributed by atoms with Crippen LogP contribution in [0.25, 0.3) is 10.4 Å². The Morgan fingerprint density at radius 1 is 1.36 bits per heavy atom. The van der Waals surface area contributed by atoms with Crippen LogP contribution in [-0.4, -0.2) is 36.5 Å². The lowest BCUT2D eigenvalue weighted by atomic mass is 10.1. The average molecular weight is 318 g/mol. The summed E-state index contributed by atoms with van der Waals surface area (Å²) < 4.78 is 13.1. The van der Waals surface area contributed by atoms with Crippen LogP contribution in [0.3, 0.4) is 0 Å². The van der Waals surface area contributed by atoms with Crippen molar-refractivity contribution < 1.29 is 9.18 Å². The number of nitrogens with one attached hydrogen (secondary N) is 1. The first-order valence-electron chi connectivity index (χ1n) is 7.44. The number of halogens is 1. The van der Waals surface area contributed by atoms with Gasteiger partial charge in [-0.05, 0) is 43.2 Å². The molecule has 1 aromatic carbocycles. The standard InChI is InChI=1S/C17H19FN2OS/c1-11-9-15(17(21)20-8-7-19-10-12(20)2)22-16(11)13-3-5-14(18)6-4-13/h3-6,9,12,19H,7-8,10H2,1-2H3/t12-/m0/s1. The van der Waals surface area contributed by atoms with Gasteiger partial charge in [-0.1, -0.05) is 12.1 Å². The van der Waals surface area contributed by atoms with E-state index in [9.17, 15) is 9.18 Å². The molecule has 116 valence electrons. The minimum Gasteiger partial charge on any atom is -0.333 e. The lowest BCUT2D eigenvalue weighted by Gasteiger charge is -2.33. The zero-order valence-corrected chi connectivity index (χ0v) is 13.5. The number of hydrogen-bond acceptors (Lipinski definition) is 3. The van der Waals surface area contributed by atoms with Crippen molar-refractivity contribution in [3.8, 4) is 10.4 Å². The van der Waals surface area contributed by atoms with Crippen molar-refractivity contribution in [3.05, 3.63) is 46.6 Å². The van der Waals surface area contributed by atoms with Crippen LogP contribution in [0, 0.1) is 12.7 Å². The number of piperazine rings is 1. The highest BCUT2D eigenvalue weighted by atomic mass is 32.1. The Hall–Kier alpha value is -1.72. The highest BCUT2D eigenvalue weighted by Crippen LogP contribution is 2.33. The van der Waals surface area contributed by atoms with Gasteiger partial charge in [0.2, 0.25) is 0 Å². The maximum Gasteiger partial charge on any atom is 0.264 e. The summed E-state index contributed by atoms with van der Waals surface area (Å²) >= 11 is 1.49. The molecule has 0 bridgehead atoms. The summed E-state index contributed by atoms with van der Waals surface area (Å²) in [5.41, 5.74) is 2.01. The molecule has 22 heavy (non-hydrogen) atoms. The highest BCUT2D eigenvalue weighted by Gasteiger charge is 2.25. The second-order valence-electron chi connectivity index (χ2n) is 5.68. The van der Waals surface area contributed by atoms with Crippen molar-refractivity contribution in [2.24, 2.45) is 0 Å². The zero-order chi connectivity index (χ0) is 15.7. The fraction of sp³-hybridized carbons (Fsp3) is 0.353. The molecular formula is C17H19FN2OS. The first-order chi connectivity index (χ1) is 10.6. The summed E-state index contributed by atoms with van der Waals surface area (Å²) in [4.78, 5) is 16.4. The van der Waals surface area contributed by atoms with Gasteiger partial charge in [0.05, 0.1) is 4.88 Å². The van der Waals surface area contributed by atoms with Crippen molar-refractivity contribution in [1.82, 2.24) is 10.2 Å². The monoisotopic (exact) mass is 318 g/mol. The van der Waals surface area contributed by atoms with Gasteiger partial charge in [-0.15, -0.1) is 11.3 Å². The molecule has 1 aromatic heterocycles. The van der Waals surface area contributed by atoms with E-state index in [1.54, 1.807) is 12.1 Å². The minimum absolute atomic E-state index is 0.0930. The SMILES string of the molecule is Cc1cc(C(=O)N2CCNC[C@@H]2C)sc1-c1ccc(F)cc1. The van der Waals surface area contributed by atoms with Gasteiger partial charge in [-0.2, -0.15) is 0 Å². The molecule has 0 radical (unpaired) electrons. The van der Waals surface area contributed by atoms with E-state index in [1.165, 1.54) is 23.5 Å². The lowest BCUT2D eigenvalue weighted by Crippen LogP contribution is -2.52. The van der Waals surface area contributed by atoms with E-state index in [1.807, 2.05) is 17.9 Å². The van der Waals surface area contributed by atoms with Crippen LogP contribution in [0.5, 0.6) is 0 Å². The molecule has 0 aliphatic carbocycles. The molecule has 3 rings (SSSR count). The third-order valence-corrected chi connectivity index (χ3v) is 5.27. The molecule has 3 nitrogen and oxygen atoms in total. The predicted molar refractivity (Wildman–Crippen MR) is 87.8 cm³/mol. The van der Waals surface area contributed by atoms with Gasteiger partial charge in [0.1, 0.15) is 5.82 Å². The lowest BCUT2D eigenvalue weighted by molar-refractivity contribution is 0.0661. The first kappa shape index (κ1) is 15.2. The normalized spacial score (nSPS) is 18.5. The summed E-state index contributed by atoms with van der Waals surface area (Å²) in [6.07, 6.45) is 0. The molecule has 2 heterocycles. The molecule has 1 aliphatic heterocycles. The van der Waals surface area contributed by atoms with E-state index in [0.29, 0.717) is 0 Å². The van der Waals surface area contributed by atoms with Crippen LogP contribution in [0.1, 0.15) is 22.2 Å². The van der Waals surface area contributed by atoms with E-state index in [2.05, 4.69) is 12.2 Å². The largest absolute Gasteiger partial charge is 0.333 e. The van der Waals surface area contributed by atoms with Crippen LogP contribution in [0.15, 0.2) is 30.3 Å². The topological polar surface area (TPSA) is 32.3 Å². The quantitative estimate of drug-likeness (QED) is 0.921. The summed E-state index contributed by atoms with van der Waals surface area (Å²) in [6, 6.07) is 8.58. The Balaban J connectivity index is 1.88. The molecule has 1 N–H and O–H groups in total. The van der Waals surface area contributed by atoms with Crippen molar-refractivity contribution in [3.63, 3.8) is 0 Å². The maximum atomic E-state index is 13.1. The molecule has 1 fully saturated rings. The number of hydrogen-bond donors (Lipinski definition) is 1. The van der Waals surface area contributed by atoms with Gasteiger partial charge >= 0.3 is 0 Å². The van der Waals surface area contributed by atoms with E-state index in [4.69, 9.17) is 0 Å². The fourth-order valence-corrected chi connectivity index (χ4v) is 3.89. The highest BCUT2D eigenvalue weighted by molar-refractivity contribution is 7.17.